The van der Waals surface area contributed by atoms with Gasteiger partial charge in [0, 0.05) is 35.8 Å². The second-order valence-corrected chi connectivity index (χ2v) is 5.12. The summed E-state index contributed by atoms with van der Waals surface area (Å²) in [4.78, 5) is 17.0. The van der Waals surface area contributed by atoms with Gasteiger partial charge >= 0.3 is 0 Å². The molecule has 0 aliphatic carbocycles. The van der Waals surface area contributed by atoms with E-state index >= 15 is 0 Å². The molecule has 0 aliphatic heterocycles. The molecule has 0 bridgehead atoms. The molecule has 1 atom stereocenters. The number of rotatable bonds is 5. The number of nitrogens with one attached hydrogen (secondary N) is 1. The number of hydrogen-bond donors (Lipinski definition) is 1. The van der Waals surface area contributed by atoms with Crippen molar-refractivity contribution in [1.29, 1.82) is 0 Å². The Morgan fingerprint density at radius 1 is 1.18 bits per heavy atom. The van der Waals surface area contributed by atoms with Crippen LogP contribution in [0.15, 0.2) is 43.2 Å². The number of nitrogens with zero attached hydrogens (tertiary/aromatic N) is 6. The SMILES string of the molecule is Cc1cc(NC(C)Cn2cncn2)nc(-c2ccncc2)n1. The van der Waals surface area contributed by atoms with E-state index in [2.05, 4.69) is 37.3 Å². The molecule has 0 radical (unpaired) electrons. The molecule has 0 saturated carbocycles. The Hall–Kier alpha value is -2.83. The first-order valence-electron chi connectivity index (χ1n) is 7.06. The van der Waals surface area contributed by atoms with Crippen molar-refractivity contribution in [2.45, 2.75) is 26.4 Å². The summed E-state index contributed by atoms with van der Waals surface area (Å²) in [5.41, 5.74) is 1.86. The lowest BCUT2D eigenvalue weighted by atomic mass is 10.2. The van der Waals surface area contributed by atoms with E-state index in [0.717, 1.165) is 17.1 Å². The van der Waals surface area contributed by atoms with Crippen molar-refractivity contribution in [3.8, 4) is 11.4 Å². The Balaban J connectivity index is 1.78. The zero-order valence-corrected chi connectivity index (χ0v) is 12.5. The summed E-state index contributed by atoms with van der Waals surface area (Å²) in [5, 5.41) is 7.48. The molecule has 22 heavy (non-hydrogen) atoms. The maximum absolute atomic E-state index is 4.58. The normalized spacial score (nSPS) is 12.1. The summed E-state index contributed by atoms with van der Waals surface area (Å²) >= 11 is 0. The summed E-state index contributed by atoms with van der Waals surface area (Å²) in [6.07, 6.45) is 6.71. The van der Waals surface area contributed by atoms with E-state index in [4.69, 9.17) is 0 Å². The molecular weight excluding hydrogens is 278 g/mol. The average Bonchev–Trinajstić information content (AvgIpc) is 3.00. The number of anilines is 1. The fraction of sp³-hybridized carbons (Fsp3) is 0.267. The van der Waals surface area contributed by atoms with Crippen LogP contribution in [0, 0.1) is 6.92 Å². The Morgan fingerprint density at radius 3 is 2.73 bits per heavy atom. The number of aromatic nitrogens is 6. The van der Waals surface area contributed by atoms with E-state index < -0.39 is 0 Å². The van der Waals surface area contributed by atoms with Crippen LogP contribution in [0.5, 0.6) is 0 Å². The maximum Gasteiger partial charge on any atom is 0.161 e. The Labute approximate surface area is 128 Å². The van der Waals surface area contributed by atoms with E-state index in [1.54, 1.807) is 23.4 Å². The maximum atomic E-state index is 4.58. The van der Waals surface area contributed by atoms with Crippen LogP contribution in [0.25, 0.3) is 11.4 Å². The van der Waals surface area contributed by atoms with Gasteiger partial charge in [-0.3, -0.25) is 9.67 Å². The summed E-state index contributed by atoms with van der Waals surface area (Å²) in [6.45, 7) is 4.75. The molecule has 0 aliphatic rings. The largest absolute Gasteiger partial charge is 0.366 e. The fourth-order valence-electron chi connectivity index (χ4n) is 2.18. The smallest absolute Gasteiger partial charge is 0.161 e. The molecule has 7 nitrogen and oxygen atoms in total. The molecule has 3 rings (SSSR count). The van der Waals surface area contributed by atoms with Crippen LogP contribution in [-0.4, -0.2) is 35.8 Å². The van der Waals surface area contributed by atoms with Gasteiger partial charge in [0.1, 0.15) is 18.5 Å². The molecule has 1 N–H and O–H groups in total. The second-order valence-electron chi connectivity index (χ2n) is 5.12. The van der Waals surface area contributed by atoms with Gasteiger partial charge in [-0.2, -0.15) is 5.10 Å². The van der Waals surface area contributed by atoms with Gasteiger partial charge in [-0.15, -0.1) is 0 Å². The van der Waals surface area contributed by atoms with Crippen LogP contribution in [0.1, 0.15) is 12.6 Å². The molecule has 3 aromatic heterocycles. The average molecular weight is 295 g/mol. The van der Waals surface area contributed by atoms with Crippen molar-refractivity contribution in [1.82, 2.24) is 29.7 Å². The monoisotopic (exact) mass is 295 g/mol. The van der Waals surface area contributed by atoms with Crippen LogP contribution in [0.3, 0.4) is 0 Å². The van der Waals surface area contributed by atoms with Crippen molar-refractivity contribution in [2.75, 3.05) is 5.32 Å². The van der Waals surface area contributed by atoms with Gasteiger partial charge in [0.15, 0.2) is 5.82 Å². The minimum absolute atomic E-state index is 0.168. The minimum atomic E-state index is 0.168. The fourth-order valence-corrected chi connectivity index (χ4v) is 2.18. The van der Waals surface area contributed by atoms with Gasteiger partial charge in [-0.1, -0.05) is 0 Å². The lowest BCUT2D eigenvalue weighted by Crippen LogP contribution is -2.23. The Kier molecular flexibility index (Phi) is 4.04. The Bertz CT molecular complexity index is 725. The zero-order chi connectivity index (χ0) is 15.4. The number of aryl methyl sites for hydroxylation is 1. The molecule has 0 amide bonds. The van der Waals surface area contributed by atoms with E-state index in [9.17, 15) is 0 Å². The molecule has 112 valence electrons. The molecule has 3 aromatic rings. The van der Waals surface area contributed by atoms with Crippen molar-refractivity contribution in [3.05, 3.63) is 48.9 Å². The molecule has 0 saturated heterocycles. The lowest BCUT2D eigenvalue weighted by Gasteiger charge is -2.15. The van der Waals surface area contributed by atoms with Crippen molar-refractivity contribution in [3.63, 3.8) is 0 Å². The third kappa shape index (κ3) is 3.43. The molecule has 0 aromatic carbocycles. The van der Waals surface area contributed by atoms with Gasteiger partial charge in [0.25, 0.3) is 0 Å². The van der Waals surface area contributed by atoms with Gasteiger partial charge < -0.3 is 5.32 Å². The quantitative estimate of drug-likeness (QED) is 0.774. The predicted octanol–water partition coefficient (Wildman–Crippen LogP) is 1.94. The first-order chi connectivity index (χ1) is 10.7. The summed E-state index contributed by atoms with van der Waals surface area (Å²) in [7, 11) is 0. The molecule has 0 spiro atoms. The third-order valence-electron chi connectivity index (χ3n) is 3.11. The number of pyridine rings is 1. The van der Waals surface area contributed by atoms with Gasteiger partial charge in [0.05, 0.1) is 6.54 Å². The summed E-state index contributed by atoms with van der Waals surface area (Å²) < 4.78 is 1.79. The van der Waals surface area contributed by atoms with E-state index in [0.29, 0.717) is 12.4 Å². The van der Waals surface area contributed by atoms with Crippen LogP contribution in [0.4, 0.5) is 5.82 Å². The Morgan fingerprint density at radius 2 is 2.00 bits per heavy atom. The zero-order valence-electron chi connectivity index (χ0n) is 12.5. The van der Waals surface area contributed by atoms with Gasteiger partial charge in [-0.25, -0.2) is 15.0 Å². The summed E-state index contributed by atoms with van der Waals surface area (Å²) in [6, 6.07) is 5.90. The minimum Gasteiger partial charge on any atom is -0.366 e. The highest BCUT2D eigenvalue weighted by Crippen LogP contribution is 2.17. The predicted molar refractivity (Wildman–Crippen MR) is 83.1 cm³/mol. The standard InChI is InChI=1S/C15H17N7/c1-11-7-14(19-12(2)8-22-10-17-9-18-22)21-15(20-11)13-3-5-16-6-4-13/h3-7,9-10,12H,8H2,1-2H3,(H,19,20,21). The third-order valence-corrected chi connectivity index (χ3v) is 3.11. The molecular formula is C15H17N7. The topological polar surface area (TPSA) is 81.4 Å². The molecule has 0 fully saturated rings. The summed E-state index contributed by atoms with van der Waals surface area (Å²) in [5.74, 6) is 1.49. The molecule has 7 heteroatoms. The van der Waals surface area contributed by atoms with Crippen molar-refractivity contribution < 1.29 is 0 Å². The first-order valence-corrected chi connectivity index (χ1v) is 7.06. The highest BCUT2D eigenvalue weighted by atomic mass is 15.3. The highest BCUT2D eigenvalue weighted by molar-refractivity contribution is 5.56. The van der Waals surface area contributed by atoms with Gasteiger partial charge in [0.2, 0.25) is 0 Å². The van der Waals surface area contributed by atoms with Crippen molar-refractivity contribution in [2.24, 2.45) is 0 Å². The van der Waals surface area contributed by atoms with Crippen LogP contribution < -0.4 is 5.32 Å². The number of hydrogen-bond acceptors (Lipinski definition) is 6. The van der Waals surface area contributed by atoms with Crippen LogP contribution in [-0.2, 0) is 6.54 Å². The lowest BCUT2D eigenvalue weighted by molar-refractivity contribution is 0.558. The van der Waals surface area contributed by atoms with E-state index in [-0.39, 0.29) is 6.04 Å². The van der Waals surface area contributed by atoms with Crippen molar-refractivity contribution >= 4 is 5.82 Å². The van der Waals surface area contributed by atoms with Crippen LogP contribution >= 0.6 is 0 Å². The highest BCUT2D eigenvalue weighted by Gasteiger charge is 2.08. The van der Waals surface area contributed by atoms with Crippen LogP contribution in [0.2, 0.25) is 0 Å². The first kappa shape index (κ1) is 14.1. The molecule has 3 heterocycles. The second kappa shape index (κ2) is 6.30. The molecule has 1 unspecified atom stereocenters. The van der Waals surface area contributed by atoms with E-state index in [1.165, 1.54) is 6.33 Å². The van der Waals surface area contributed by atoms with Gasteiger partial charge in [-0.05, 0) is 26.0 Å². The van der Waals surface area contributed by atoms with E-state index in [1.807, 2.05) is 25.1 Å².